The Labute approximate surface area is 175 Å². The van der Waals surface area contributed by atoms with Gasteiger partial charge in [-0.3, -0.25) is 4.79 Å². The Balaban J connectivity index is 1.72. The number of carbonyl (C=O) groups is 1. The van der Waals surface area contributed by atoms with Gasteiger partial charge in [0.05, 0.1) is 4.90 Å². The van der Waals surface area contributed by atoms with Gasteiger partial charge in [0.25, 0.3) is 0 Å². The van der Waals surface area contributed by atoms with E-state index in [1.54, 1.807) is 30.3 Å². The molecule has 2 saturated carbocycles. The first-order chi connectivity index (χ1) is 13.4. The highest BCUT2D eigenvalue weighted by Crippen LogP contribution is 2.73. The zero-order chi connectivity index (χ0) is 21.3. The van der Waals surface area contributed by atoms with Gasteiger partial charge < -0.3 is 4.43 Å². The second-order valence-electron chi connectivity index (χ2n) is 10.5. The summed E-state index contributed by atoms with van der Waals surface area (Å²) in [5.74, 6) is -0.394. The summed E-state index contributed by atoms with van der Waals surface area (Å²) in [4.78, 5) is 13.5. The van der Waals surface area contributed by atoms with Crippen LogP contribution in [0.15, 0.2) is 47.4 Å². The first-order valence-electron chi connectivity index (χ1n) is 10.5. The van der Waals surface area contributed by atoms with Crippen LogP contribution >= 0.6 is 0 Å². The van der Waals surface area contributed by atoms with Gasteiger partial charge in [0.15, 0.2) is 23.9 Å². The summed E-state index contributed by atoms with van der Waals surface area (Å²) in [6, 6.07) is 8.51. The maximum absolute atomic E-state index is 13.7. The van der Waals surface area contributed by atoms with E-state index in [0.29, 0.717) is 25.9 Å². The van der Waals surface area contributed by atoms with Crippen LogP contribution in [0.3, 0.4) is 0 Å². The maximum atomic E-state index is 13.7. The van der Waals surface area contributed by atoms with Crippen molar-refractivity contribution in [2.24, 2.45) is 17.3 Å². The van der Waals surface area contributed by atoms with E-state index in [9.17, 15) is 13.2 Å². The lowest BCUT2D eigenvalue weighted by Crippen LogP contribution is -2.49. The molecular weight excluding hydrogens is 400 g/mol. The SMILES string of the molecule is CC(C)(C)[Si](C)(C)OC[C@@]12C=CC[C@H]3[C@@H]1[C@@]3(S(=O)(=O)c1ccccc1)C(=O)CC2. The fourth-order valence-corrected chi connectivity index (χ4v) is 9.00. The normalized spacial score (nSPS) is 34.0. The molecule has 0 radical (unpaired) electrons. The fraction of sp³-hybridized carbons (Fsp3) is 0.609. The molecule has 0 amide bonds. The standard InChI is InChI=1S/C23H32O4SSi/c1-21(2,3)29(4,5)27-16-22-14-9-12-18-20(22)23(18,19(24)13-15-22)28(25,26)17-10-7-6-8-11-17/h6-11,14,18,20H,12-13,15-16H2,1-5H3/t18-,20-,22-,23-/m0/s1. The average molecular weight is 433 g/mol. The number of sulfone groups is 1. The molecule has 29 heavy (non-hydrogen) atoms. The van der Waals surface area contributed by atoms with Crippen molar-refractivity contribution < 1.29 is 17.6 Å². The minimum absolute atomic E-state index is 0.0860. The van der Waals surface area contributed by atoms with Crippen LogP contribution in [0.25, 0.3) is 0 Å². The summed E-state index contributed by atoms with van der Waals surface area (Å²) in [7, 11) is -5.73. The molecule has 158 valence electrons. The first-order valence-corrected chi connectivity index (χ1v) is 14.9. The van der Waals surface area contributed by atoms with Crippen LogP contribution in [0.2, 0.25) is 18.1 Å². The van der Waals surface area contributed by atoms with Crippen molar-refractivity contribution in [3.05, 3.63) is 42.5 Å². The van der Waals surface area contributed by atoms with E-state index in [2.05, 4.69) is 46.0 Å². The molecule has 1 aromatic carbocycles. The Morgan fingerprint density at radius 1 is 1.17 bits per heavy atom. The number of allylic oxidation sites excluding steroid dienone is 1. The Morgan fingerprint density at radius 2 is 1.83 bits per heavy atom. The fourth-order valence-electron chi connectivity index (χ4n) is 5.34. The highest BCUT2D eigenvalue weighted by molar-refractivity contribution is 7.94. The molecular formula is C23H32O4SSi. The highest BCUT2D eigenvalue weighted by atomic mass is 32.2. The van der Waals surface area contributed by atoms with Gasteiger partial charge in [-0.15, -0.1) is 0 Å². The molecule has 0 N–H and O–H groups in total. The molecule has 2 fully saturated rings. The Kier molecular flexibility index (Phi) is 4.62. The van der Waals surface area contributed by atoms with Crippen molar-refractivity contribution in [1.82, 2.24) is 0 Å². The minimum Gasteiger partial charge on any atom is -0.416 e. The molecule has 0 spiro atoms. The second-order valence-corrected chi connectivity index (χ2v) is 17.5. The van der Waals surface area contributed by atoms with Crippen LogP contribution in [0.1, 0.15) is 40.0 Å². The van der Waals surface area contributed by atoms with E-state index in [-0.39, 0.29) is 33.0 Å². The summed E-state index contributed by atoms with van der Waals surface area (Å²) in [6.45, 7) is 11.6. The molecule has 0 saturated heterocycles. The number of ketones is 1. The largest absolute Gasteiger partial charge is 0.416 e. The predicted molar refractivity (Wildman–Crippen MR) is 117 cm³/mol. The van der Waals surface area contributed by atoms with E-state index in [1.165, 1.54) is 0 Å². The summed E-state index contributed by atoms with van der Waals surface area (Å²) < 4.78 is 32.8. The average Bonchev–Trinajstić information content (AvgIpc) is 3.37. The van der Waals surface area contributed by atoms with Gasteiger partial charge in [0.1, 0.15) is 4.75 Å². The topological polar surface area (TPSA) is 60.4 Å². The predicted octanol–water partition coefficient (Wildman–Crippen LogP) is 4.78. The molecule has 1 aromatic rings. The minimum atomic E-state index is -3.74. The molecule has 4 rings (SSSR count). The quantitative estimate of drug-likeness (QED) is 0.496. The second kappa shape index (κ2) is 6.38. The van der Waals surface area contributed by atoms with Crippen LogP contribution in [0.4, 0.5) is 0 Å². The van der Waals surface area contributed by atoms with E-state index < -0.39 is 22.9 Å². The monoisotopic (exact) mass is 432 g/mol. The number of carbonyl (C=O) groups excluding carboxylic acids is 1. The van der Waals surface area contributed by atoms with Crippen LogP contribution in [0, 0.1) is 17.3 Å². The molecule has 3 aliphatic carbocycles. The first kappa shape index (κ1) is 21.0. The number of benzene rings is 1. The lowest BCUT2D eigenvalue weighted by Gasteiger charge is -2.43. The lowest BCUT2D eigenvalue weighted by atomic mass is 9.72. The Morgan fingerprint density at radius 3 is 2.45 bits per heavy atom. The van der Waals surface area contributed by atoms with Gasteiger partial charge in [0, 0.05) is 24.4 Å². The maximum Gasteiger partial charge on any atom is 0.192 e. The summed E-state index contributed by atoms with van der Waals surface area (Å²) >= 11 is 0. The van der Waals surface area contributed by atoms with E-state index in [4.69, 9.17) is 4.43 Å². The van der Waals surface area contributed by atoms with Crippen molar-refractivity contribution >= 4 is 23.9 Å². The van der Waals surface area contributed by atoms with Gasteiger partial charge in [-0.05, 0) is 49.0 Å². The zero-order valence-electron chi connectivity index (χ0n) is 18.1. The molecule has 0 heterocycles. The molecule has 3 aliphatic rings. The third-order valence-electron chi connectivity index (χ3n) is 8.02. The number of Topliss-reactive ketones (excluding diaryl/α,β-unsaturated/α-hetero) is 1. The number of hydrogen-bond donors (Lipinski definition) is 0. The van der Waals surface area contributed by atoms with Gasteiger partial charge in [-0.25, -0.2) is 8.42 Å². The zero-order valence-corrected chi connectivity index (χ0v) is 19.9. The van der Waals surface area contributed by atoms with Gasteiger partial charge in [-0.2, -0.15) is 0 Å². The molecule has 0 aliphatic heterocycles. The van der Waals surface area contributed by atoms with E-state index in [0.717, 1.165) is 0 Å². The van der Waals surface area contributed by atoms with Crippen molar-refractivity contribution in [2.75, 3.05) is 6.61 Å². The number of rotatable bonds is 5. The smallest absolute Gasteiger partial charge is 0.192 e. The molecule has 6 heteroatoms. The van der Waals surface area contributed by atoms with E-state index >= 15 is 0 Å². The van der Waals surface area contributed by atoms with Crippen LogP contribution in [-0.2, 0) is 19.1 Å². The molecule has 0 aromatic heterocycles. The van der Waals surface area contributed by atoms with Gasteiger partial charge in [-0.1, -0.05) is 51.1 Å². The molecule has 0 bridgehead atoms. The Bertz CT molecular complexity index is 960. The van der Waals surface area contributed by atoms with Crippen molar-refractivity contribution in [1.29, 1.82) is 0 Å². The number of hydrogen-bond acceptors (Lipinski definition) is 4. The Hall–Kier alpha value is -1.24. The summed E-state index contributed by atoms with van der Waals surface area (Å²) in [5, 5.41) is 0.0860. The van der Waals surface area contributed by atoms with Crippen molar-refractivity contribution in [3.63, 3.8) is 0 Å². The third kappa shape index (κ3) is 2.78. The van der Waals surface area contributed by atoms with Crippen LogP contribution < -0.4 is 0 Å². The molecule has 4 nitrogen and oxygen atoms in total. The summed E-state index contributed by atoms with van der Waals surface area (Å²) in [5.41, 5.74) is -0.353. The summed E-state index contributed by atoms with van der Waals surface area (Å²) in [6.07, 6.45) is 5.92. The van der Waals surface area contributed by atoms with Crippen LogP contribution in [0.5, 0.6) is 0 Å². The van der Waals surface area contributed by atoms with Gasteiger partial charge in [0.2, 0.25) is 0 Å². The van der Waals surface area contributed by atoms with Crippen molar-refractivity contribution in [2.45, 2.75) is 67.8 Å². The third-order valence-corrected chi connectivity index (χ3v) is 15.1. The lowest BCUT2D eigenvalue weighted by molar-refractivity contribution is -0.122. The molecule has 4 atom stereocenters. The highest BCUT2D eigenvalue weighted by Gasteiger charge is 2.82. The van der Waals surface area contributed by atoms with Crippen molar-refractivity contribution in [3.8, 4) is 0 Å². The van der Waals surface area contributed by atoms with Gasteiger partial charge >= 0.3 is 0 Å². The van der Waals surface area contributed by atoms with E-state index in [1.807, 2.05) is 0 Å². The van der Waals surface area contributed by atoms with Crippen LogP contribution in [-0.4, -0.2) is 33.9 Å². The number of fused-ring (bicyclic) bond motifs is 1. The molecule has 0 unspecified atom stereocenters.